The van der Waals surface area contributed by atoms with Gasteiger partial charge in [0.25, 0.3) is 0 Å². The summed E-state index contributed by atoms with van der Waals surface area (Å²) in [4.78, 5) is 0. The number of hydrogen-bond acceptors (Lipinski definition) is 3. The van der Waals surface area contributed by atoms with E-state index in [1.165, 1.54) is 0 Å². The van der Waals surface area contributed by atoms with E-state index in [2.05, 4.69) is 32.2 Å². The SMILES string of the molecule is CNC(c1ccc(C)o1)C1C(C)OC(C)C1C. The standard InChI is InChI=1S/C14H23NO2/c1-8-6-7-12(16-8)14(15-5)13-9(2)10(3)17-11(13)4/h6-7,9-11,13-15H,1-5H3. The molecule has 1 N–H and O–H groups in total. The molecule has 96 valence electrons. The molecule has 1 saturated heterocycles. The maximum Gasteiger partial charge on any atom is 0.121 e. The van der Waals surface area contributed by atoms with Crippen LogP contribution in [0.2, 0.25) is 0 Å². The highest BCUT2D eigenvalue weighted by Crippen LogP contribution is 2.40. The average Bonchev–Trinajstić information content (AvgIpc) is 2.79. The first-order valence-corrected chi connectivity index (χ1v) is 6.43. The summed E-state index contributed by atoms with van der Waals surface area (Å²) in [5.74, 6) is 2.98. The second kappa shape index (κ2) is 4.83. The van der Waals surface area contributed by atoms with Gasteiger partial charge in [-0.2, -0.15) is 0 Å². The van der Waals surface area contributed by atoms with Gasteiger partial charge in [-0.1, -0.05) is 6.92 Å². The fourth-order valence-electron chi connectivity index (χ4n) is 3.01. The van der Waals surface area contributed by atoms with Crippen LogP contribution in [0.3, 0.4) is 0 Å². The predicted octanol–water partition coefficient (Wildman–Crippen LogP) is 2.91. The molecule has 1 aromatic rings. The van der Waals surface area contributed by atoms with Crippen molar-refractivity contribution in [2.24, 2.45) is 11.8 Å². The van der Waals surface area contributed by atoms with E-state index in [1.807, 2.05) is 20.0 Å². The highest BCUT2D eigenvalue weighted by molar-refractivity contribution is 5.12. The first-order chi connectivity index (χ1) is 8.04. The zero-order chi connectivity index (χ0) is 12.6. The first-order valence-electron chi connectivity index (χ1n) is 6.43. The van der Waals surface area contributed by atoms with Gasteiger partial charge in [-0.05, 0) is 45.9 Å². The molecule has 17 heavy (non-hydrogen) atoms. The Balaban J connectivity index is 2.24. The molecular formula is C14H23NO2. The van der Waals surface area contributed by atoms with Crippen LogP contribution in [0.5, 0.6) is 0 Å². The summed E-state index contributed by atoms with van der Waals surface area (Å²) < 4.78 is 11.7. The fourth-order valence-corrected chi connectivity index (χ4v) is 3.01. The highest BCUT2D eigenvalue weighted by atomic mass is 16.5. The molecule has 0 saturated carbocycles. The quantitative estimate of drug-likeness (QED) is 0.877. The Kier molecular flexibility index (Phi) is 3.59. The van der Waals surface area contributed by atoms with E-state index >= 15 is 0 Å². The number of furan rings is 1. The smallest absolute Gasteiger partial charge is 0.121 e. The predicted molar refractivity (Wildman–Crippen MR) is 67.9 cm³/mol. The van der Waals surface area contributed by atoms with Crippen molar-refractivity contribution in [1.29, 1.82) is 0 Å². The van der Waals surface area contributed by atoms with Gasteiger partial charge in [-0.25, -0.2) is 0 Å². The molecule has 1 aromatic heterocycles. The molecule has 1 aliphatic rings. The molecule has 2 heterocycles. The molecule has 2 rings (SSSR count). The zero-order valence-electron chi connectivity index (χ0n) is 11.4. The van der Waals surface area contributed by atoms with E-state index in [-0.39, 0.29) is 12.1 Å². The maximum absolute atomic E-state index is 5.92. The third kappa shape index (κ3) is 2.26. The summed E-state index contributed by atoms with van der Waals surface area (Å²) in [7, 11) is 1.99. The van der Waals surface area contributed by atoms with E-state index < -0.39 is 0 Å². The summed E-state index contributed by atoms with van der Waals surface area (Å²) in [6.45, 7) is 8.56. The van der Waals surface area contributed by atoms with Gasteiger partial charge < -0.3 is 14.5 Å². The van der Waals surface area contributed by atoms with E-state index in [0.717, 1.165) is 11.5 Å². The third-order valence-corrected chi connectivity index (χ3v) is 4.08. The van der Waals surface area contributed by atoms with Crippen molar-refractivity contribution < 1.29 is 9.15 Å². The second-order valence-corrected chi connectivity index (χ2v) is 5.20. The van der Waals surface area contributed by atoms with E-state index in [9.17, 15) is 0 Å². The van der Waals surface area contributed by atoms with Gasteiger partial charge in [0.15, 0.2) is 0 Å². The Hall–Kier alpha value is -0.800. The number of aryl methyl sites for hydroxylation is 1. The van der Waals surface area contributed by atoms with Crippen LogP contribution in [-0.2, 0) is 4.74 Å². The van der Waals surface area contributed by atoms with Gasteiger partial charge in [0, 0.05) is 5.92 Å². The van der Waals surface area contributed by atoms with Gasteiger partial charge in [-0.15, -0.1) is 0 Å². The lowest BCUT2D eigenvalue weighted by molar-refractivity contribution is 0.0468. The van der Waals surface area contributed by atoms with Gasteiger partial charge in [0.1, 0.15) is 11.5 Å². The van der Waals surface area contributed by atoms with Crippen LogP contribution in [0, 0.1) is 18.8 Å². The van der Waals surface area contributed by atoms with Crippen LogP contribution in [-0.4, -0.2) is 19.3 Å². The number of nitrogens with one attached hydrogen (secondary N) is 1. The molecule has 0 radical (unpaired) electrons. The molecule has 0 aliphatic carbocycles. The van der Waals surface area contributed by atoms with Crippen LogP contribution >= 0.6 is 0 Å². The van der Waals surface area contributed by atoms with Crippen LogP contribution in [0.25, 0.3) is 0 Å². The second-order valence-electron chi connectivity index (χ2n) is 5.20. The monoisotopic (exact) mass is 237 g/mol. The van der Waals surface area contributed by atoms with Gasteiger partial charge in [-0.3, -0.25) is 0 Å². The average molecular weight is 237 g/mol. The van der Waals surface area contributed by atoms with Crippen LogP contribution in [0.4, 0.5) is 0 Å². The number of rotatable bonds is 3. The van der Waals surface area contributed by atoms with Crippen molar-refractivity contribution >= 4 is 0 Å². The lowest BCUT2D eigenvalue weighted by Crippen LogP contribution is -2.32. The van der Waals surface area contributed by atoms with Crippen molar-refractivity contribution in [2.75, 3.05) is 7.05 Å². The van der Waals surface area contributed by atoms with Crippen molar-refractivity contribution in [3.63, 3.8) is 0 Å². The molecule has 0 aromatic carbocycles. The Morgan fingerprint density at radius 2 is 1.88 bits per heavy atom. The van der Waals surface area contributed by atoms with Crippen LogP contribution in [0.15, 0.2) is 16.5 Å². The van der Waals surface area contributed by atoms with Crippen molar-refractivity contribution in [3.8, 4) is 0 Å². The normalized spacial score (nSPS) is 35.1. The van der Waals surface area contributed by atoms with E-state index in [0.29, 0.717) is 17.9 Å². The number of hydrogen-bond donors (Lipinski definition) is 1. The van der Waals surface area contributed by atoms with Crippen molar-refractivity contribution in [2.45, 2.75) is 45.9 Å². The van der Waals surface area contributed by atoms with Gasteiger partial charge in [0.2, 0.25) is 0 Å². The van der Waals surface area contributed by atoms with Gasteiger partial charge in [0.05, 0.1) is 18.2 Å². The van der Waals surface area contributed by atoms with Crippen LogP contribution in [0.1, 0.15) is 38.3 Å². The molecule has 5 atom stereocenters. The van der Waals surface area contributed by atoms with Crippen LogP contribution < -0.4 is 5.32 Å². The molecule has 5 unspecified atom stereocenters. The van der Waals surface area contributed by atoms with Crippen molar-refractivity contribution in [1.82, 2.24) is 5.32 Å². The zero-order valence-corrected chi connectivity index (χ0v) is 11.4. The van der Waals surface area contributed by atoms with Gasteiger partial charge >= 0.3 is 0 Å². The van der Waals surface area contributed by atoms with E-state index in [1.54, 1.807) is 0 Å². The fraction of sp³-hybridized carbons (Fsp3) is 0.714. The maximum atomic E-state index is 5.92. The summed E-state index contributed by atoms with van der Waals surface area (Å²) in [5.41, 5.74) is 0. The van der Waals surface area contributed by atoms with E-state index in [4.69, 9.17) is 9.15 Å². The number of ether oxygens (including phenoxy) is 1. The Morgan fingerprint density at radius 3 is 2.29 bits per heavy atom. The summed E-state index contributed by atoms with van der Waals surface area (Å²) in [5, 5.41) is 3.38. The molecule has 0 amide bonds. The lowest BCUT2D eigenvalue weighted by Gasteiger charge is -2.27. The highest BCUT2D eigenvalue weighted by Gasteiger charge is 2.42. The molecule has 0 spiro atoms. The molecule has 1 aliphatic heterocycles. The minimum absolute atomic E-state index is 0.235. The summed E-state index contributed by atoms with van der Waals surface area (Å²) in [6.07, 6.45) is 0.588. The summed E-state index contributed by atoms with van der Waals surface area (Å²) in [6, 6.07) is 4.33. The molecule has 3 nitrogen and oxygen atoms in total. The molecule has 3 heteroatoms. The third-order valence-electron chi connectivity index (χ3n) is 4.08. The first kappa shape index (κ1) is 12.7. The Morgan fingerprint density at radius 1 is 1.18 bits per heavy atom. The summed E-state index contributed by atoms with van der Waals surface area (Å²) >= 11 is 0. The Labute approximate surface area is 104 Å². The van der Waals surface area contributed by atoms with Crippen molar-refractivity contribution in [3.05, 3.63) is 23.7 Å². The Bertz CT molecular complexity index is 374. The minimum Gasteiger partial charge on any atom is -0.465 e. The molecular weight excluding hydrogens is 214 g/mol. The molecule has 1 fully saturated rings. The minimum atomic E-state index is 0.235. The molecule has 0 bridgehead atoms. The largest absolute Gasteiger partial charge is 0.465 e. The lowest BCUT2D eigenvalue weighted by atomic mass is 9.82. The topological polar surface area (TPSA) is 34.4 Å².